The van der Waals surface area contributed by atoms with Crippen LogP contribution in [0, 0.1) is 6.92 Å². The van der Waals surface area contributed by atoms with E-state index in [1.807, 2.05) is 0 Å². The molecule has 19 heavy (non-hydrogen) atoms. The Hall–Kier alpha value is -0.790. The lowest BCUT2D eigenvalue weighted by Crippen LogP contribution is -2.33. The van der Waals surface area contributed by atoms with Crippen molar-refractivity contribution in [1.82, 2.24) is 4.57 Å². The molecule has 0 saturated heterocycles. The summed E-state index contributed by atoms with van der Waals surface area (Å²) in [5.41, 5.74) is 0. The lowest BCUT2D eigenvalue weighted by atomic mass is 10.1. The van der Waals surface area contributed by atoms with Gasteiger partial charge in [0, 0.05) is 6.92 Å². The Morgan fingerprint density at radius 3 is 2.00 bits per heavy atom. The fourth-order valence-corrected chi connectivity index (χ4v) is 2.71. The van der Waals surface area contributed by atoms with Crippen LogP contribution in [0.15, 0.2) is 12.4 Å². The van der Waals surface area contributed by atoms with Gasteiger partial charge in [0.15, 0.2) is 0 Å². The quantitative estimate of drug-likeness (QED) is 0.407. The SMILES string of the molecule is CCCCCCCCCCCn1cc[n+](CC)c1C. The zero-order valence-corrected chi connectivity index (χ0v) is 13.3. The van der Waals surface area contributed by atoms with E-state index in [1.54, 1.807) is 0 Å². The molecule has 0 aliphatic carbocycles. The van der Waals surface area contributed by atoms with Crippen LogP contribution in [0.3, 0.4) is 0 Å². The molecule has 1 heterocycles. The van der Waals surface area contributed by atoms with E-state index in [9.17, 15) is 0 Å². The first-order valence-electron chi connectivity index (χ1n) is 8.34. The topological polar surface area (TPSA) is 8.81 Å². The monoisotopic (exact) mass is 265 g/mol. The van der Waals surface area contributed by atoms with Gasteiger partial charge in [-0.3, -0.25) is 0 Å². The van der Waals surface area contributed by atoms with E-state index in [-0.39, 0.29) is 0 Å². The molecule has 0 bridgehead atoms. The van der Waals surface area contributed by atoms with E-state index in [1.165, 1.54) is 70.2 Å². The zero-order chi connectivity index (χ0) is 13.9. The van der Waals surface area contributed by atoms with E-state index in [0.29, 0.717) is 0 Å². The fourth-order valence-electron chi connectivity index (χ4n) is 2.71. The Morgan fingerprint density at radius 2 is 1.47 bits per heavy atom. The van der Waals surface area contributed by atoms with Gasteiger partial charge in [-0.25, -0.2) is 9.13 Å². The van der Waals surface area contributed by atoms with Crippen molar-refractivity contribution in [2.24, 2.45) is 0 Å². The summed E-state index contributed by atoms with van der Waals surface area (Å²) in [7, 11) is 0. The van der Waals surface area contributed by atoms with Crippen molar-refractivity contribution in [1.29, 1.82) is 0 Å². The number of aromatic nitrogens is 2. The van der Waals surface area contributed by atoms with Gasteiger partial charge >= 0.3 is 0 Å². The Balaban J connectivity index is 2.00. The molecule has 2 nitrogen and oxygen atoms in total. The highest BCUT2D eigenvalue weighted by Gasteiger charge is 2.09. The highest BCUT2D eigenvalue weighted by Crippen LogP contribution is 2.10. The van der Waals surface area contributed by atoms with Crippen molar-refractivity contribution in [3.8, 4) is 0 Å². The first-order valence-corrected chi connectivity index (χ1v) is 8.34. The van der Waals surface area contributed by atoms with Gasteiger partial charge in [0.25, 0.3) is 5.82 Å². The van der Waals surface area contributed by atoms with Gasteiger partial charge in [-0.1, -0.05) is 51.9 Å². The van der Waals surface area contributed by atoms with Crippen molar-refractivity contribution in [2.75, 3.05) is 0 Å². The van der Waals surface area contributed by atoms with E-state index in [4.69, 9.17) is 0 Å². The maximum Gasteiger partial charge on any atom is 0.253 e. The molecule has 2 heteroatoms. The molecule has 1 aromatic heterocycles. The summed E-state index contributed by atoms with van der Waals surface area (Å²) < 4.78 is 4.71. The number of aryl methyl sites for hydroxylation is 2. The second kappa shape index (κ2) is 10.1. The number of nitrogens with zero attached hydrogens (tertiary/aromatic N) is 2. The summed E-state index contributed by atoms with van der Waals surface area (Å²) in [5, 5.41) is 0. The van der Waals surface area contributed by atoms with E-state index < -0.39 is 0 Å². The van der Waals surface area contributed by atoms with Crippen LogP contribution in [0.4, 0.5) is 0 Å². The molecule has 0 aliphatic heterocycles. The Morgan fingerprint density at radius 1 is 0.895 bits per heavy atom. The smallest absolute Gasteiger partial charge is 0.235 e. The van der Waals surface area contributed by atoms with Crippen LogP contribution in [0.5, 0.6) is 0 Å². The molecule has 0 fully saturated rings. The third kappa shape index (κ3) is 6.26. The maximum absolute atomic E-state index is 2.39. The number of hydrogen-bond donors (Lipinski definition) is 0. The van der Waals surface area contributed by atoms with Gasteiger partial charge in [-0.05, 0) is 19.8 Å². The summed E-state index contributed by atoms with van der Waals surface area (Å²) in [6.07, 6.45) is 17.1. The maximum atomic E-state index is 2.39. The Labute approximate surface area is 119 Å². The van der Waals surface area contributed by atoms with Crippen LogP contribution < -0.4 is 4.57 Å². The Bertz CT molecular complexity index is 328. The van der Waals surface area contributed by atoms with Crippen LogP contribution in [-0.4, -0.2) is 4.57 Å². The summed E-state index contributed by atoms with van der Waals surface area (Å²) in [6, 6.07) is 0. The minimum Gasteiger partial charge on any atom is -0.235 e. The minimum atomic E-state index is 1.08. The zero-order valence-electron chi connectivity index (χ0n) is 13.3. The van der Waals surface area contributed by atoms with E-state index in [0.717, 1.165) is 6.54 Å². The third-order valence-electron chi connectivity index (χ3n) is 4.10. The second-order valence-electron chi connectivity index (χ2n) is 5.65. The lowest BCUT2D eigenvalue weighted by molar-refractivity contribution is -0.699. The summed E-state index contributed by atoms with van der Waals surface area (Å²) in [5.74, 6) is 1.39. The Kier molecular flexibility index (Phi) is 8.61. The second-order valence-corrected chi connectivity index (χ2v) is 5.65. The summed E-state index contributed by atoms with van der Waals surface area (Å²) in [6.45, 7) is 8.98. The molecule has 0 spiro atoms. The molecule has 0 saturated carbocycles. The molecule has 0 radical (unpaired) electrons. The lowest BCUT2D eigenvalue weighted by Gasteiger charge is -2.02. The molecular formula is C17H33N2+. The standard InChI is InChI=1S/C17H33N2/c1-4-6-7-8-9-10-11-12-13-14-19-16-15-18(5-2)17(19)3/h15-16H,4-14H2,1-3H3/q+1. The van der Waals surface area contributed by atoms with Crippen molar-refractivity contribution in [3.05, 3.63) is 18.2 Å². The fraction of sp³-hybridized carbons (Fsp3) is 0.824. The van der Waals surface area contributed by atoms with Crippen LogP contribution in [-0.2, 0) is 13.1 Å². The van der Waals surface area contributed by atoms with Crippen molar-refractivity contribution in [3.63, 3.8) is 0 Å². The van der Waals surface area contributed by atoms with Crippen molar-refractivity contribution >= 4 is 0 Å². The van der Waals surface area contributed by atoms with Crippen LogP contribution >= 0.6 is 0 Å². The van der Waals surface area contributed by atoms with Crippen LogP contribution in [0.2, 0.25) is 0 Å². The van der Waals surface area contributed by atoms with Gasteiger partial charge in [0.1, 0.15) is 12.4 Å². The van der Waals surface area contributed by atoms with Crippen LogP contribution in [0.25, 0.3) is 0 Å². The van der Waals surface area contributed by atoms with Crippen LogP contribution in [0.1, 0.15) is 77.5 Å². The summed E-state index contributed by atoms with van der Waals surface area (Å²) in [4.78, 5) is 0. The van der Waals surface area contributed by atoms with E-state index >= 15 is 0 Å². The number of rotatable bonds is 11. The first kappa shape index (κ1) is 16.3. The largest absolute Gasteiger partial charge is 0.253 e. The van der Waals surface area contributed by atoms with Crippen molar-refractivity contribution < 1.29 is 4.57 Å². The molecular weight excluding hydrogens is 232 g/mol. The average molecular weight is 265 g/mol. The molecule has 0 N–H and O–H groups in total. The van der Waals surface area contributed by atoms with Gasteiger partial charge in [-0.2, -0.15) is 0 Å². The molecule has 0 amide bonds. The number of unbranched alkanes of at least 4 members (excludes halogenated alkanes) is 8. The molecule has 0 unspecified atom stereocenters. The van der Waals surface area contributed by atoms with Gasteiger partial charge in [0.2, 0.25) is 0 Å². The summed E-state index contributed by atoms with van der Waals surface area (Å²) >= 11 is 0. The van der Waals surface area contributed by atoms with Gasteiger partial charge in [-0.15, -0.1) is 0 Å². The molecule has 0 atom stereocenters. The average Bonchev–Trinajstić information content (AvgIpc) is 2.78. The normalized spacial score (nSPS) is 11.1. The predicted octanol–water partition coefficient (Wildman–Crippen LogP) is 4.63. The molecule has 110 valence electrons. The first-order chi connectivity index (χ1) is 9.29. The number of hydrogen-bond acceptors (Lipinski definition) is 0. The minimum absolute atomic E-state index is 1.08. The van der Waals surface area contributed by atoms with Gasteiger partial charge < -0.3 is 0 Å². The molecule has 1 rings (SSSR count). The molecule has 1 aromatic rings. The predicted molar refractivity (Wildman–Crippen MR) is 82.3 cm³/mol. The number of imidazole rings is 1. The molecule has 0 aliphatic rings. The molecule has 0 aromatic carbocycles. The highest BCUT2D eigenvalue weighted by molar-refractivity contribution is 4.79. The van der Waals surface area contributed by atoms with E-state index in [2.05, 4.69) is 42.3 Å². The van der Waals surface area contributed by atoms with Gasteiger partial charge in [0.05, 0.1) is 13.1 Å². The van der Waals surface area contributed by atoms with Crippen molar-refractivity contribution in [2.45, 2.75) is 91.6 Å². The highest BCUT2D eigenvalue weighted by atomic mass is 15.1. The third-order valence-corrected chi connectivity index (χ3v) is 4.10.